The number of amides is 1. The Bertz CT molecular complexity index is 859. The molecule has 0 N–H and O–H groups in total. The molecule has 0 saturated carbocycles. The van der Waals surface area contributed by atoms with Gasteiger partial charge in [0.1, 0.15) is 11.5 Å². The van der Waals surface area contributed by atoms with Crippen molar-refractivity contribution in [3.05, 3.63) is 51.7 Å². The maximum absolute atomic E-state index is 13.5. The predicted molar refractivity (Wildman–Crippen MR) is 108 cm³/mol. The summed E-state index contributed by atoms with van der Waals surface area (Å²) in [6.07, 6.45) is 4.30. The summed E-state index contributed by atoms with van der Waals surface area (Å²) in [5.74, 6) is 0.680. The lowest BCUT2D eigenvalue weighted by Crippen LogP contribution is -2.60. The second kappa shape index (κ2) is 7.23. The number of hydrogen-bond acceptors (Lipinski definition) is 4. The number of halogens is 1. The second-order valence-electron chi connectivity index (χ2n) is 8.35. The zero-order valence-corrected chi connectivity index (χ0v) is 17.0. The summed E-state index contributed by atoms with van der Waals surface area (Å²) in [5, 5.41) is 2.97. The van der Waals surface area contributed by atoms with Crippen molar-refractivity contribution in [3.8, 4) is 0 Å². The van der Waals surface area contributed by atoms with Crippen LogP contribution in [0.5, 0.6) is 0 Å². The summed E-state index contributed by atoms with van der Waals surface area (Å²) in [4.78, 5) is 22.7. The normalized spacial score (nSPS) is 31.2. The number of rotatable bonds is 4. The Hall–Kier alpha value is -1.79. The third-order valence-electron chi connectivity index (χ3n) is 6.79. The zero-order chi connectivity index (χ0) is 19.3. The van der Waals surface area contributed by atoms with Crippen LogP contribution >= 0.6 is 11.3 Å². The highest BCUT2D eigenvalue weighted by Crippen LogP contribution is 2.47. The van der Waals surface area contributed by atoms with Gasteiger partial charge < -0.3 is 4.90 Å². The van der Waals surface area contributed by atoms with Crippen LogP contribution < -0.4 is 0 Å². The predicted octanol–water partition coefficient (Wildman–Crippen LogP) is 3.94. The quantitative estimate of drug-likeness (QED) is 0.781. The number of carbonyl (C=O) groups is 1. The molecule has 2 bridgehead atoms. The first-order valence-electron chi connectivity index (χ1n) is 10.4. The van der Waals surface area contributed by atoms with E-state index in [0.29, 0.717) is 24.2 Å². The number of benzene rings is 1. The SMILES string of the molecule is CCCc1nc(C(=O)N2C[C@H](c3ccc(F)cc3)[C@H]3[C@@H]2C2CCN3CC2)cs1. The summed E-state index contributed by atoms with van der Waals surface area (Å²) in [5.41, 5.74) is 1.74. The molecule has 1 aromatic carbocycles. The Kier molecular flexibility index (Phi) is 4.71. The Balaban J connectivity index is 1.47. The topological polar surface area (TPSA) is 36.4 Å². The van der Waals surface area contributed by atoms with Crippen LogP contribution in [0, 0.1) is 11.7 Å². The Labute approximate surface area is 169 Å². The van der Waals surface area contributed by atoms with Crippen molar-refractivity contribution in [3.63, 3.8) is 0 Å². The van der Waals surface area contributed by atoms with Gasteiger partial charge in [-0.2, -0.15) is 0 Å². The standard InChI is InChI=1S/C22H26FN3OS/c1-2-3-19-24-18(13-28-19)22(27)26-12-17(14-4-6-16(23)7-5-14)21-20(26)15-8-10-25(21)11-9-15/h4-7,13,15,17,20-21H,2-3,8-12H2,1H3/t17-,20+,21+/m1/s1. The molecule has 148 valence electrons. The Morgan fingerprint density at radius 1 is 1.21 bits per heavy atom. The number of likely N-dealkylation sites (tertiary alicyclic amines) is 1. The van der Waals surface area contributed by atoms with E-state index < -0.39 is 0 Å². The average molecular weight is 400 g/mol. The van der Waals surface area contributed by atoms with Crippen molar-refractivity contribution in [2.75, 3.05) is 19.6 Å². The maximum Gasteiger partial charge on any atom is 0.273 e. The van der Waals surface area contributed by atoms with Crippen LogP contribution in [0.15, 0.2) is 29.6 Å². The molecule has 5 heterocycles. The molecule has 4 aliphatic heterocycles. The molecule has 0 radical (unpaired) electrons. The molecule has 0 spiro atoms. The van der Waals surface area contributed by atoms with Gasteiger partial charge in [-0.25, -0.2) is 9.37 Å². The van der Waals surface area contributed by atoms with Crippen LogP contribution in [0.4, 0.5) is 4.39 Å². The number of nitrogens with zero attached hydrogens (tertiary/aromatic N) is 3. The molecule has 3 atom stereocenters. The average Bonchev–Trinajstić information content (AvgIpc) is 3.36. The number of aryl methyl sites for hydroxylation is 1. The lowest BCUT2D eigenvalue weighted by atomic mass is 9.75. The first kappa shape index (κ1) is 18.3. The maximum atomic E-state index is 13.5. The molecule has 4 nitrogen and oxygen atoms in total. The molecule has 6 heteroatoms. The molecule has 4 saturated heterocycles. The number of thiazole rings is 1. The van der Waals surface area contributed by atoms with Gasteiger partial charge in [-0.15, -0.1) is 11.3 Å². The molecule has 6 rings (SSSR count). The molecule has 4 fully saturated rings. The lowest BCUT2D eigenvalue weighted by molar-refractivity contribution is -0.00356. The fourth-order valence-corrected chi connectivity index (χ4v) is 6.42. The Morgan fingerprint density at radius 3 is 2.68 bits per heavy atom. The van der Waals surface area contributed by atoms with E-state index >= 15 is 0 Å². The summed E-state index contributed by atoms with van der Waals surface area (Å²) in [6, 6.07) is 7.48. The molecular weight excluding hydrogens is 373 g/mol. The van der Waals surface area contributed by atoms with Gasteiger partial charge >= 0.3 is 0 Å². The zero-order valence-electron chi connectivity index (χ0n) is 16.2. The molecule has 2 aromatic rings. The van der Waals surface area contributed by atoms with E-state index in [4.69, 9.17) is 0 Å². The lowest BCUT2D eigenvalue weighted by Gasteiger charge is -2.51. The number of carbonyl (C=O) groups excluding carboxylic acids is 1. The first-order valence-corrected chi connectivity index (χ1v) is 11.3. The minimum absolute atomic E-state index is 0.0759. The number of fused-ring (bicyclic) bond motifs is 2. The van der Waals surface area contributed by atoms with E-state index in [2.05, 4.69) is 21.7 Å². The highest BCUT2D eigenvalue weighted by Gasteiger charge is 2.54. The van der Waals surface area contributed by atoms with Crippen molar-refractivity contribution < 1.29 is 9.18 Å². The van der Waals surface area contributed by atoms with Gasteiger partial charge in [-0.05, 0) is 62.4 Å². The molecule has 1 amide bonds. The van der Waals surface area contributed by atoms with Crippen molar-refractivity contribution in [2.24, 2.45) is 5.92 Å². The van der Waals surface area contributed by atoms with Crippen LogP contribution in [-0.2, 0) is 6.42 Å². The number of aromatic nitrogens is 1. The minimum atomic E-state index is -0.206. The van der Waals surface area contributed by atoms with Crippen molar-refractivity contribution in [2.45, 2.75) is 50.6 Å². The van der Waals surface area contributed by atoms with E-state index in [1.165, 1.54) is 12.8 Å². The highest BCUT2D eigenvalue weighted by molar-refractivity contribution is 7.09. The van der Waals surface area contributed by atoms with Gasteiger partial charge in [0.2, 0.25) is 0 Å². The summed E-state index contributed by atoms with van der Waals surface area (Å²) in [7, 11) is 0. The molecule has 0 aliphatic carbocycles. The monoisotopic (exact) mass is 399 g/mol. The van der Waals surface area contributed by atoms with Gasteiger partial charge in [-0.3, -0.25) is 9.69 Å². The van der Waals surface area contributed by atoms with Crippen molar-refractivity contribution >= 4 is 17.2 Å². The smallest absolute Gasteiger partial charge is 0.273 e. The fourth-order valence-electron chi connectivity index (χ4n) is 5.54. The van der Waals surface area contributed by atoms with Crippen molar-refractivity contribution in [1.82, 2.24) is 14.8 Å². The van der Waals surface area contributed by atoms with Crippen LogP contribution in [0.2, 0.25) is 0 Å². The molecule has 1 aromatic heterocycles. The summed E-state index contributed by atoms with van der Waals surface area (Å²) < 4.78 is 13.5. The number of piperidine rings is 3. The van der Waals surface area contributed by atoms with Gasteiger partial charge in [0.15, 0.2) is 0 Å². The molecule has 28 heavy (non-hydrogen) atoms. The van der Waals surface area contributed by atoms with E-state index in [1.807, 2.05) is 17.5 Å². The van der Waals surface area contributed by atoms with Gasteiger partial charge in [-0.1, -0.05) is 19.1 Å². The summed E-state index contributed by atoms with van der Waals surface area (Å²) >= 11 is 1.59. The van der Waals surface area contributed by atoms with E-state index in [0.717, 1.165) is 36.5 Å². The van der Waals surface area contributed by atoms with E-state index in [1.54, 1.807) is 23.5 Å². The van der Waals surface area contributed by atoms with Crippen LogP contribution in [0.1, 0.15) is 53.2 Å². The first-order chi connectivity index (χ1) is 13.7. The van der Waals surface area contributed by atoms with E-state index in [9.17, 15) is 9.18 Å². The third-order valence-corrected chi connectivity index (χ3v) is 7.70. The van der Waals surface area contributed by atoms with E-state index in [-0.39, 0.29) is 23.7 Å². The van der Waals surface area contributed by atoms with Crippen LogP contribution in [0.3, 0.4) is 0 Å². The molecule has 0 unspecified atom stereocenters. The largest absolute Gasteiger partial charge is 0.332 e. The fraction of sp³-hybridized carbons (Fsp3) is 0.545. The minimum Gasteiger partial charge on any atom is -0.332 e. The Morgan fingerprint density at radius 2 is 1.96 bits per heavy atom. The van der Waals surface area contributed by atoms with Gasteiger partial charge in [0.25, 0.3) is 5.91 Å². The second-order valence-corrected chi connectivity index (χ2v) is 9.29. The van der Waals surface area contributed by atoms with Crippen LogP contribution in [-0.4, -0.2) is 52.4 Å². The third kappa shape index (κ3) is 2.98. The van der Waals surface area contributed by atoms with Gasteiger partial charge in [0.05, 0.1) is 11.0 Å². The highest BCUT2D eigenvalue weighted by atomic mass is 32.1. The van der Waals surface area contributed by atoms with Crippen LogP contribution in [0.25, 0.3) is 0 Å². The number of hydrogen-bond donors (Lipinski definition) is 0. The van der Waals surface area contributed by atoms with Gasteiger partial charge in [0, 0.05) is 23.9 Å². The van der Waals surface area contributed by atoms with Crippen molar-refractivity contribution in [1.29, 1.82) is 0 Å². The molecule has 4 aliphatic rings. The molecular formula is C22H26FN3OS. The summed E-state index contributed by atoms with van der Waals surface area (Å²) in [6.45, 7) is 5.06.